The first-order valence-corrected chi connectivity index (χ1v) is 9.64. The van der Waals surface area contributed by atoms with Gasteiger partial charge < -0.3 is 5.32 Å². The molecule has 0 radical (unpaired) electrons. The molecule has 1 aliphatic heterocycles. The molecule has 0 spiro atoms. The summed E-state index contributed by atoms with van der Waals surface area (Å²) in [5.41, 5.74) is 1.24. The zero-order valence-corrected chi connectivity index (χ0v) is 15.2. The second-order valence-corrected chi connectivity index (χ2v) is 8.30. The van der Waals surface area contributed by atoms with Crippen molar-refractivity contribution in [1.29, 1.82) is 0 Å². The van der Waals surface area contributed by atoms with E-state index in [1.807, 2.05) is 6.20 Å². The van der Waals surface area contributed by atoms with Gasteiger partial charge in [0, 0.05) is 36.5 Å². The Balaban J connectivity index is 1.54. The van der Waals surface area contributed by atoms with Gasteiger partial charge in [-0.2, -0.15) is 0 Å². The van der Waals surface area contributed by atoms with Gasteiger partial charge in [0.15, 0.2) is 5.13 Å². The molecule has 3 heterocycles. The van der Waals surface area contributed by atoms with Gasteiger partial charge in [0.1, 0.15) is 0 Å². The largest absolute Gasteiger partial charge is 0.302 e. The minimum absolute atomic E-state index is 0.0671. The van der Waals surface area contributed by atoms with E-state index in [1.54, 1.807) is 22.7 Å². The Hall–Kier alpha value is -1.31. The van der Waals surface area contributed by atoms with Gasteiger partial charge in [-0.15, -0.1) is 22.7 Å². The van der Waals surface area contributed by atoms with Crippen LogP contribution in [-0.4, -0.2) is 33.9 Å². The molecule has 1 fully saturated rings. The SMILES string of the molecule is CC(=O)Nc1ncc(CN2CCCC(Cc3csc(C)n3)C2)s1. The predicted octanol–water partition coefficient (Wildman–Crippen LogP) is 3.32. The summed E-state index contributed by atoms with van der Waals surface area (Å²) in [5.74, 6) is 0.621. The van der Waals surface area contributed by atoms with Gasteiger partial charge in [-0.3, -0.25) is 9.69 Å². The number of nitrogens with one attached hydrogen (secondary N) is 1. The van der Waals surface area contributed by atoms with Gasteiger partial charge in [-0.1, -0.05) is 0 Å². The summed E-state index contributed by atoms with van der Waals surface area (Å²) in [6.07, 6.45) is 5.49. The van der Waals surface area contributed by atoms with E-state index in [2.05, 4.69) is 32.5 Å². The maximum absolute atomic E-state index is 11.1. The van der Waals surface area contributed by atoms with Crippen LogP contribution in [0.4, 0.5) is 5.13 Å². The van der Waals surface area contributed by atoms with Gasteiger partial charge in [0.25, 0.3) is 0 Å². The fourth-order valence-electron chi connectivity index (χ4n) is 3.07. The second-order valence-electron chi connectivity index (χ2n) is 6.12. The lowest BCUT2D eigenvalue weighted by molar-refractivity contribution is -0.114. The van der Waals surface area contributed by atoms with Crippen LogP contribution in [0.2, 0.25) is 0 Å². The Kier molecular flexibility index (Phi) is 5.40. The number of hydrogen-bond acceptors (Lipinski definition) is 6. The Morgan fingerprint density at radius 3 is 3.13 bits per heavy atom. The molecule has 2 aromatic rings. The minimum Gasteiger partial charge on any atom is -0.302 e. The number of rotatable bonds is 5. The highest BCUT2D eigenvalue weighted by Crippen LogP contribution is 2.25. The topological polar surface area (TPSA) is 58.1 Å². The molecule has 7 heteroatoms. The van der Waals surface area contributed by atoms with Crippen molar-refractivity contribution < 1.29 is 4.79 Å². The van der Waals surface area contributed by atoms with Crippen molar-refractivity contribution in [1.82, 2.24) is 14.9 Å². The van der Waals surface area contributed by atoms with Gasteiger partial charge in [-0.25, -0.2) is 9.97 Å². The van der Waals surface area contributed by atoms with E-state index in [1.165, 1.54) is 30.3 Å². The van der Waals surface area contributed by atoms with Crippen LogP contribution in [-0.2, 0) is 17.8 Å². The number of piperidine rings is 1. The van der Waals surface area contributed by atoms with Crippen LogP contribution in [0.3, 0.4) is 0 Å². The monoisotopic (exact) mass is 350 g/mol. The predicted molar refractivity (Wildman–Crippen MR) is 95.0 cm³/mol. The van der Waals surface area contributed by atoms with Crippen LogP contribution in [0.5, 0.6) is 0 Å². The number of carbonyl (C=O) groups excluding carboxylic acids is 1. The van der Waals surface area contributed by atoms with E-state index in [9.17, 15) is 4.79 Å². The number of thiazole rings is 2. The molecule has 1 atom stereocenters. The van der Waals surface area contributed by atoms with Crippen molar-refractivity contribution in [3.05, 3.63) is 27.2 Å². The summed E-state index contributed by atoms with van der Waals surface area (Å²) >= 11 is 3.31. The van der Waals surface area contributed by atoms with Crippen molar-refractivity contribution >= 4 is 33.7 Å². The lowest BCUT2D eigenvalue weighted by Gasteiger charge is -2.32. The molecule has 0 aromatic carbocycles. The molecule has 1 amide bonds. The number of aryl methyl sites for hydroxylation is 1. The maximum Gasteiger partial charge on any atom is 0.223 e. The summed E-state index contributed by atoms with van der Waals surface area (Å²) in [4.78, 5) is 23.6. The maximum atomic E-state index is 11.1. The van der Waals surface area contributed by atoms with E-state index in [0.29, 0.717) is 11.0 Å². The summed E-state index contributed by atoms with van der Waals surface area (Å²) in [6, 6.07) is 0. The molecule has 1 saturated heterocycles. The number of carbonyl (C=O) groups is 1. The van der Waals surface area contributed by atoms with Crippen LogP contribution in [0.25, 0.3) is 0 Å². The van der Waals surface area contributed by atoms with E-state index in [-0.39, 0.29) is 5.91 Å². The number of anilines is 1. The molecule has 0 saturated carbocycles. The number of aromatic nitrogens is 2. The Bertz CT molecular complexity index is 667. The van der Waals surface area contributed by atoms with Crippen LogP contribution in [0.15, 0.2) is 11.6 Å². The Labute approximate surface area is 144 Å². The first-order valence-electron chi connectivity index (χ1n) is 7.94. The number of amides is 1. The van der Waals surface area contributed by atoms with E-state index >= 15 is 0 Å². The van der Waals surface area contributed by atoms with Crippen molar-refractivity contribution in [3.63, 3.8) is 0 Å². The average molecular weight is 351 g/mol. The van der Waals surface area contributed by atoms with Crippen molar-refractivity contribution in [3.8, 4) is 0 Å². The molecule has 0 bridgehead atoms. The molecule has 0 aliphatic carbocycles. The number of hydrogen-bond donors (Lipinski definition) is 1. The molecule has 5 nitrogen and oxygen atoms in total. The lowest BCUT2D eigenvalue weighted by atomic mass is 9.93. The van der Waals surface area contributed by atoms with Crippen LogP contribution in [0, 0.1) is 12.8 Å². The zero-order valence-electron chi connectivity index (χ0n) is 13.5. The second kappa shape index (κ2) is 7.51. The molecular weight excluding hydrogens is 328 g/mol. The molecule has 2 aromatic heterocycles. The highest BCUT2D eigenvalue weighted by molar-refractivity contribution is 7.15. The smallest absolute Gasteiger partial charge is 0.223 e. The van der Waals surface area contributed by atoms with Crippen molar-refractivity contribution in [2.75, 3.05) is 18.4 Å². The third-order valence-corrected chi connectivity index (χ3v) is 5.70. The van der Waals surface area contributed by atoms with Gasteiger partial charge in [-0.05, 0) is 38.6 Å². The molecule has 23 heavy (non-hydrogen) atoms. The number of nitrogens with zero attached hydrogens (tertiary/aromatic N) is 3. The summed E-state index contributed by atoms with van der Waals surface area (Å²) in [5, 5.41) is 6.79. The molecule has 124 valence electrons. The summed E-state index contributed by atoms with van der Waals surface area (Å²) < 4.78 is 0. The standard InChI is InChI=1S/C16H22N4OS2/c1-11(21)18-16-17-7-15(23-16)9-20-5-3-4-13(8-20)6-14-10-22-12(2)19-14/h7,10,13H,3-6,8-9H2,1-2H3,(H,17,18,21). The Morgan fingerprint density at radius 1 is 1.52 bits per heavy atom. The van der Waals surface area contributed by atoms with Crippen LogP contribution >= 0.6 is 22.7 Å². The lowest BCUT2D eigenvalue weighted by Crippen LogP contribution is -2.35. The highest BCUT2D eigenvalue weighted by Gasteiger charge is 2.21. The fraction of sp³-hybridized carbons (Fsp3) is 0.562. The Morgan fingerprint density at radius 2 is 2.39 bits per heavy atom. The third kappa shape index (κ3) is 4.83. The molecule has 1 unspecified atom stereocenters. The average Bonchev–Trinajstić information content (AvgIpc) is 3.08. The minimum atomic E-state index is -0.0671. The highest BCUT2D eigenvalue weighted by atomic mass is 32.1. The summed E-state index contributed by atoms with van der Waals surface area (Å²) in [7, 11) is 0. The first-order chi connectivity index (χ1) is 11.1. The van der Waals surface area contributed by atoms with Gasteiger partial charge in [0.05, 0.1) is 10.7 Å². The van der Waals surface area contributed by atoms with Crippen LogP contribution in [0.1, 0.15) is 35.3 Å². The molecule has 1 N–H and O–H groups in total. The fourth-order valence-corrected chi connectivity index (χ4v) is 4.60. The van der Waals surface area contributed by atoms with E-state index < -0.39 is 0 Å². The van der Waals surface area contributed by atoms with Gasteiger partial charge >= 0.3 is 0 Å². The third-order valence-electron chi connectivity index (χ3n) is 3.98. The quantitative estimate of drug-likeness (QED) is 0.899. The zero-order chi connectivity index (χ0) is 16.2. The number of likely N-dealkylation sites (tertiary alicyclic amines) is 1. The van der Waals surface area contributed by atoms with Crippen LogP contribution < -0.4 is 5.32 Å². The van der Waals surface area contributed by atoms with Crippen molar-refractivity contribution in [2.45, 2.75) is 39.7 Å². The van der Waals surface area contributed by atoms with E-state index in [4.69, 9.17) is 0 Å². The molecule has 1 aliphatic rings. The first kappa shape index (κ1) is 16.5. The molecule has 3 rings (SSSR count). The molecular formula is C16H22N4OS2. The van der Waals surface area contributed by atoms with Gasteiger partial charge in [0.2, 0.25) is 5.91 Å². The van der Waals surface area contributed by atoms with E-state index in [0.717, 1.165) is 31.1 Å². The van der Waals surface area contributed by atoms with Crippen molar-refractivity contribution in [2.24, 2.45) is 5.92 Å². The summed E-state index contributed by atoms with van der Waals surface area (Å²) in [6.45, 7) is 6.75. The normalized spacial score (nSPS) is 19.0.